The molecule has 1 aromatic heterocycles. The third-order valence-electron chi connectivity index (χ3n) is 6.46. The quantitative estimate of drug-likeness (QED) is 0.432. The molecule has 5 rings (SSSR count). The third kappa shape index (κ3) is 4.84. The molecule has 1 atom stereocenters. The van der Waals surface area contributed by atoms with Crippen LogP contribution < -0.4 is 10.9 Å². The van der Waals surface area contributed by atoms with Crippen molar-refractivity contribution in [2.75, 3.05) is 13.1 Å². The Hall–Kier alpha value is -4.26. The number of nitrogens with zero attached hydrogens (tertiary/aromatic N) is 3. The van der Waals surface area contributed by atoms with Gasteiger partial charge in [0.05, 0.1) is 17.2 Å². The third-order valence-corrected chi connectivity index (χ3v) is 6.46. The fraction of sp³-hybridized carbons (Fsp3) is 0.214. The smallest absolute Gasteiger partial charge is 0.261 e. The highest BCUT2D eigenvalue weighted by Gasteiger charge is 2.29. The molecular weight excluding hydrogens is 440 g/mol. The van der Waals surface area contributed by atoms with Gasteiger partial charge in [-0.25, -0.2) is 4.98 Å². The molecule has 0 unspecified atom stereocenters. The number of rotatable bonds is 8. The monoisotopic (exact) mass is 466 g/mol. The van der Waals surface area contributed by atoms with Crippen LogP contribution in [0.2, 0.25) is 0 Å². The van der Waals surface area contributed by atoms with Gasteiger partial charge in [0, 0.05) is 44.1 Å². The van der Waals surface area contributed by atoms with Gasteiger partial charge < -0.3 is 10.2 Å². The molecule has 1 aliphatic heterocycles. The molecule has 3 aromatic carbocycles. The Morgan fingerprint density at radius 3 is 2.51 bits per heavy atom. The van der Waals surface area contributed by atoms with E-state index in [-0.39, 0.29) is 36.3 Å². The second-order valence-corrected chi connectivity index (χ2v) is 8.76. The standard InChI is InChI=1S/C28H26N4O3/c33-26(14-15-31-19-30-25-13-7-6-12-24(25)28(31)35)29-16-22(20-8-2-1-3-9-20)18-32-17-21-10-4-5-11-23(21)27(32)34/h1-13,19,22H,14-18H2,(H,29,33)/t22-/m0/s1. The summed E-state index contributed by atoms with van der Waals surface area (Å²) in [5.74, 6) is -0.179. The minimum Gasteiger partial charge on any atom is -0.355 e. The number of carbonyl (C=O) groups is 2. The molecule has 7 nitrogen and oxygen atoms in total. The number of para-hydroxylation sites is 1. The van der Waals surface area contributed by atoms with Crippen LogP contribution in [0.15, 0.2) is 90.0 Å². The maximum absolute atomic E-state index is 12.9. The SMILES string of the molecule is O=C(CCn1cnc2ccccc2c1=O)NC[C@@H](CN1Cc2ccccc2C1=O)c1ccccc1. The summed E-state index contributed by atoms with van der Waals surface area (Å²) in [6, 6.07) is 24.8. The molecule has 0 radical (unpaired) electrons. The van der Waals surface area contributed by atoms with Crippen molar-refractivity contribution in [3.63, 3.8) is 0 Å². The van der Waals surface area contributed by atoms with Crippen molar-refractivity contribution in [1.29, 1.82) is 0 Å². The molecule has 1 N–H and O–H groups in total. The van der Waals surface area contributed by atoms with Gasteiger partial charge in [0.25, 0.3) is 11.5 Å². The second kappa shape index (κ2) is 9.93. The Bertz CT molecular complexity index is 1430. The Morgan fingerprint density at radius 2 is 1.69 bits per heavy atom. The van der Waals surface area contributed by atoms with E-state index >= 15 is 0 Å². The number of benzene rings is 3. The van der Waals surface area contributed by atoms with Gasteiger partial charge in [-0.15, -0.1) is 0 Å². The molecule has 176 valence electrons. The van der Waals surface area contributed by atoms with E-state index in [2.05, 4.69) is 10.3 Å². The molecule has 4 aromatic rings. The van der Waals surface area contributed by atoms with E-state index in [1.165, 1.54) is 10.9 Å². The maximum atomic E-state index is 12.9. The van der Waals surface area contributed by atoms with Crippen LogP contribution in [0.5, 0.6) is 0 Å². The highest BCUT2D eigenvalue weighted by Crippen LogP contribution is 2.26. The predicted molar refractivity (Wildman–Crippen MR) is 134 cm³/mol. The summed E-state index contributed by atoms with van der Waals surface area (Å²) in [4.78, 5) is 44.4. The number of carbonyl (C=O) groups excluding carboxylic acids is 2. The summed E-state index contributed by atoms with van der Waals surface area (Å²) >= 11 is 0. The largest absolute Gasteiger partial charge is 0.355 e. The van der Waals surface area contributed by atoms with Crippen molar-refractivity contribution in [3.05, 3.63) is 112 Å². The van der Waals surface area contributed by atoms with E-state index in [0.717, 1.165) is 16.7 Å². The number of nitrogens with one attached hydrogen (secondary N) is 1. The number of aryl methyl sites for hydroxylation is 1. The lowest BCUT2D eigenvalue weighted by molar-refractivity contribution is -0.121. The molecule has 1 aliphatic rings. The zero-order chi connectivity index (χ0) is 24.2. The minimum atomic E-state index is -0.155. The average Bonchev–Trinajstić information content (AvgIpc) is 3.22. The van der Waals surface area contributed by atoms with Gasteiger partial charge >= 0.3 is 0 Å². The van der Waals surface area contributed by atoms with Gasteiger partial charge in [-0.05, 0) is 29.3 Å². The van der Waals surface area contributed by atoms with E-state index in [0.29, 0.717) is 30.5 Å². The molecule has 0 aliphatic carbocycles. The number of hydrogen-bond acceptors (Lipinski definition) is 4. The van der Waals surface area contributed by atoms with Crippen LogP contribution >= 0.6 is 0 Å². The normalized spacial score (nSPS) is 13.6. The summed E-state index contributed by atoms with van der Waals surface area (Å²) in [5, 5.41) is 3.54. The van der Waals surface area contributed by atoms with Crippen LogP contribution in [-0.4, -0.2) is 39.4 Å². The van der Waals surface area contributed by atoms with E-state index in [4.69, 9.17) is 0 Å². The summed E-state index contributed by atoms with van der Waals surface area (Å²) in [7, 11) is 0. The van der Waals surface area contributed by atoms with Crippen LogP contribution in [0, 0.1) is 0 Å². The molecule has 0 bridgehead atoms. The number of hydrogen-bond donors (Lipinski definition) is 1. The first-order valence-electron chi connectivity index (χ1n) is 11.7. The fourth-order valence-corrected chi connectivity index (χ4v) is 4.55. The van der Waals surface area contributed by atoms with E-state index in [1.54, 1.807) is 18.2 Å². The summed E-state index contributed by atoms with van der Waals surface area (Å²) < 4.78 is 1.47. The van der Waals surface area contributed by atoms with Crippen LogP contribution in [-0.2, 0) is 17.9 Å². The van der Waals surface area contributed by atoms with Gasteiger partial charge in [-0.3, -0.25) is 19.0 Å². The molecule has 35 heavy (non-hydrogen) atoms. The minimum absolute atomic E-state index is 0.0241. The Morgan fingerprint density at radius 1 is 0.943 bits per heavy atom. The lowest BCUT2D eigenvalue weighted by atomic mass is 9.98. The first-order valence-corrected chi connectivity index (χ1v) is 11.7. The van der Waals surface area contributed by atoms with Gasteiger partial charge in [0.1, 0.15) is 0 Å². The highest BCUT2D eigenvalue weighted by atomic mass is 16.2. The van der Waals surface area contributed by atoms with Crippen LogP contribution in [0.4, 0.5) is 0 Å². The first-order chi connectivity index (χ1) is 17.1. The first kappa shape index (κ1) is 22.5. The van der Waals surface area contributed by atoms with Gasteiger partial charge in [0.2, 0.25) is 5.91 Å². The Kier molecular flexibility index (Phi) is 6.39. The molecule has 2 amide bonds. The van der Waals surface area contributed by atoms with Crippen LogP contribution in [0.1, 0.15) is 33.8 Å². The summed E-state index contributed by atoms with van der Waals surface area (Å²) in [6.45, 7) is 1.72. The zero-order valence-electron chi connectivity index (χ0n) is 19.3. The van der Waals surface area contributed by atoms with E-state index in [9.17, 15) is 14.4 Å². The van der Waals surface area contributed by atoms with Crippen LogP contribution in [0.3, 0.4) is 0 Å². The van der Waals surface area contributed by atoms with Crippen molar-refractivity contribution >= 4 is 22.7 Å². The molecular formula is C28H26N4O3. The van der Waals surface area contributed by atoms with Gasteiger partial charge in [0.15, 0.2) is 0 Å². The summed E-state index contributed by atoms with van der Waals surface area (Å²) in [5.41, 5.74) is 3.33. The molecule has 7 heteroatoms. The lowest BCUT2D eigenvalue weighted by Gasteiger charge is -2.24. The number of fused-ring (bicyclic) bond motifs is 2. The van der Waals surface area contributed by atoms with Crippen molar-refractivity contribution in [3.8, 4) is 0 Å². The topological polar surface area (TPSA) is 84.3 Å². The number of amides is 2. The molecule has 2 heterocycles. The molecule has 0 saturated heterocycles. The average molecular weight is 467 g/mol. The predicted octanol–water partition coefficient (Wildman–Crippen LogP) is 3.34. The zero-order valence-corrected chi connectivity index (χ0v) is 19.3. The Balaban J connectivity index is 1.23. The van der Waals surface area contributed by atoms with E-state index in [1.807, 2.05) is 65.6 Å². The summed E-state index contributed by atoms with van der Waals surface area (Å²) in [6.07, 6.45) is 1.65. The van der Waals surface area contributed by atoms with Crippen LogP contribution in [0.25, 0.3) is 10.9 Å². The van der Waals surface area contributed by atoms with Crippen molar-refractivity contribution in [1.82, 2.24) is 19.8 Å². The van der Waals surface area contributed by atoms with Gasteiger partial charge in [-0.1, -0.05) is 60.7 Å². The van der Waals surface area contributed by atoms with E-state index < -0.39 is 0 Å². The molecule has 0 fully saturated rings. The lowest BCUT2D eigenvalue weighted by Crippen LogP contribution is -2.36. The maximum Gasteiger partial charge on any atom is 0.261 e. The van der Waals surface area contributed by atoms with Gasteiger partial charge in [-0.2, -0.15) is 0 Å². The highest BCUT2D eigenvalue weighted by molar-refractivity contribution is 5.98. The second-order valence-electron chi connectivity index (χ2n) is 8.76. The fourth-order valence-electron chi connectivity index (χ4n) is 4.55. The van der Waals surface area contributed by atoms with Crippen molar-refractivity contribution in [2.45, 2.75) is 25.4 Å². The Labute approximate surface area is 203 Å². The molecule has 0 saturated carbocycles. The number of aromatic nitrogens is 2. The van der Waals surface area contributed by atoms with Crippen molar-refractivity contribution < 1.29 is 9.59 Å². The van der Waals surface area contributed by atoms with Crippen molar-refractivity contribution in [2.24, 2.45) is 0 Å². The molecule has 0 spiro atoms.